The Morgan fingerprint density at radius 3 is 2.94 bits per heavy atom. The van der Waals surface area contributed by atoms with E-state index in [0.29, 0.717) is 0 Å². The molecule has 3 nitrogen and oxygen atoms in total. The maximum Gasteiger partial charge on any atom is 0.254 e. The highest BCUT2D eigenvalue weighted by molar-refractivity contribution is 5.96. The van der Waals surface area contributed by atoms with Crippen LogP contribution in [0, 0.1) is 13.8 Å². The minimum absolute atomic E-state index is 0.00223. The van der Waals surface area contributed by atoms with Crippen LogP contribution in [0.2, 0.25) is 0 Å². The maximum atomic E-state index is 12.4. The van der Waals surface area contributed by atoms with Crippen LogP contribution in [-0.4, -0.2) is 35.1 Å². The molecule has 0 aromatic heterocycles. The summed E-state index contributed by atoms with van der Waals surface area (Å²) in [6.45, 7) is 4.77. The summed E-state index contributed by atoms with van der Waals surface area (Å²) in [5.74, 6) is 0.0581. The van der Waals surface area contributed by atoms with Crippen molar-refractivity contribution in [3.63, 3.8) is 0 Å². The summed E-state index contributed by atoms with van der Waals surface area (Å²) in [6, 6.07) is 5.93. The third kappa shape index (κ3) is 2.34. The summed E-state index contributed by atoms with van der Waals surface area (Å²) in [5, 5.41) is 9.26. The fraction of sp³-hybridized carbons (Fsp3) is 0.500. The van der Waals surface area contributed by atoms with Gasteiger partial charge in [-0.15, -0.1) is 0 Å². The molecule has 0 aliphatic carbocycles. The number of aliphatic hydroxyl groups excluding tert-OH is 1. The van der Waals surface area contributed by atoms with Gasteiger partial charge < -0.3 is 10.0 Å². The van der Waals surface area contributed by atoms with Crippen LogP contribution in [0.3, 0.4) is 0 Å². The first-order valence-corrected chi connectivity index (χ1v) is 6.12. The average Bonchev–Trinajstić information content (AvgIpc) is 2.79. The van der Waals surface area contributed by atoms with E-state index in [0.717, 1.165) is 36.1 Å². The minimum atomic E-state index is 0.00223. The van der Waals surface area contributed by atoms with Gasteiger partial charge in [-0.3, -0.25) is 4.79 Å². The second-order valence-electron chi connectivity index (χ2n) is 4.80. The molecule has 1 heterocycles. The maximum absolute atomic E-state index is 12.4. The molecule has 1 aliphatic heterocycles. The fourth-order valence-corrected chi connectivity index (χ4v) is 2.41. The summed E-state index contributed by atoms with van der Waals surface area (Å²) < 4.78 is 0. The normalized spacial score (nSPS) is 19.7. The quantitative estimate of drug-likeness (QED) is 0.847. The van der Waals surface area contributed by atoms with E-state index in [9.17, 15) is 9.90 Å². The Kier molecular flexibility index (Phi) is 3.48. The zero-order chi connectivity index (χ0) is 12.4. The number of amides is 1. The van der Waals surface area contributed by atoms with E-state index in [1.807, 2.05) is 36.9 Å². The van der Waals surface area contributed by atoms with Gasteiger partial charge in [0.25, 0.3) is 5.91 Å². The topological polar surface area (TPSA) is 40.5 Å². The van der Waals surface area contributed by atoms with E-state index in [4.69, 9.17) is 0 Å². The summed E-state index contributed by atoms with van der Waals surface area (Å²) in [6.07, 6.45) is 1.90. The SMILES string of the molecule is Cc1ccc(C)c(C(=O)N2CCCC2CO)c1. The van der Waals surface area contributed by atoms with Crippen molar-refractivity contribution in [2.24, 2.45) is 0 Å². The molecule has 1 aliphatic rings. The Morgan fingerprint density at radius 1 is 1.47 bits per heavy atom. The Balaban J connectivity index is 2.27. The lowest BCUT2D eigenvalue weighted by atomic mass is 10.0. The van der Waals surface area contributed by atoms with Gasteiger partial charge in [-0.2, -0.15) is 0 Å². The molecule has 0 radical (unpaired) electrons. The molecule has 0 spiro atoms. The number of nitrogens with zero attached hydrogens (tertiary/aromatic N) is 1. The number of carbonyl (C=O) groups is 1. The molecular weight excluding hydrogens is 214 g/mol. The number of hydrogen-bond donors (Lipinski definition) is 1. The Labute approximate surface area is 102 Å². The van der Waals surface area contributed by atoms with Gasteiger partial charge in [0.1, 0.15) is 0 Å². The van der Waals surface area contributed by atoms with Gasteiger partial charge in [-0.1, -0.05) is 17.7 Å². The third-order valence-corrected chi connectivity index (χ3v) is 3.47. The van der Waals surface area contributed by atoms with Crippen LogP contribution >= 0.6 is 0 Å². The van der Waals surface area contributed by atoms with Crippen LogP contribution in [0.25, 0.3) is 0 Å². The van der Waals surface area contributed by atoms with Crippen molar-refractivity contribution in [3.05, 3.63) is 34.9 Å². The number of rotatable bonds is 2. The molecule has 3 heteroatoms. The van der Waals surface area contributed by atoms with Crippen molar-refractivity contribution < 1.29 is 9.90 Å². The first kappa shape index (κ1) is 12.1. The summed E-state index contributed by atoms with van der Waals surface area (Å²) in [7, 11) is 0. The van der Waals surface area contributed by atoms with Gasteiger partial charge in [0.15, 0.2) is 0 Å². The number of likely N-dealkylation sites (tertiary alicyclic amines) is 1. The van der Waals surface area contributed by atoms with Gasteiger partial charge >= 0.3 is 0 Å². The average molecular weight is 233 g/mol. The number of hydrogen-bond acceptors (Lipinski definition) is 2. The molecule has 2 rings (SSSR count). The molecule has 1 fully saturated rings. The van der Waals surface area contributed by atoms with Gasteiger partial charge in [0.05, 0.1) is 12.6 Å². The molecule has 0 saturated carbocycles. The van der Waals surface area contributed by atoms with E-state index in [-0.39, 0.29) is 18.6 Å². The molecule has 1 aromatic carbocycles. The Bertz CT molecular complexity index is 428. The van der Waals surface area contributed by atoms with Crippen LogP contribution < -0.4 is 0 Å². The van der Waals surface area contributed by atoms with E-state index in [1.165, 1.54) is 0 Å². The van der Waals surface area contributed by atoms with E-state index < -0.39 is 0 Å². The molecule has 1 saturated heterocycles. The number of aliphatic hydroxyl groups is 1. The first-order chi connectivity index (χ1) is 8.13. The highest BCUT2D eigenvalue weighted by atomic mass is 16.3. The van der Waals surface area contributed by atoms with Crippen molar-refractivity contribution in [1.82, 2.24) is 4.90 Å². The second kappa shape index (κ2) is 4.88. The first-order valence-electron chi connectivity index (χ1n) is 6.12. The number of benzene rings is 1. The largest absolute Gasteiger partial charge is 0.394 e. The Morgan fingerprint density at radius 2 is 2.24 bits per heavy atom. The Hall–Kier alpha value is -1.35. The molecule has 1 amide bonds. The zero-order valence-electron chi connectivity index (χ0n) is 10.4. The molecule has 92 valence electrons. The molecule has 1 unspecified atom stereocenters. The van der Waals surface area contributed by atoms with Crippen molar-refractivity contribution in [2.45, 2.75) is 32.7 Å². The molecule has 1 atom stereocenters. The summed E-state index contributed by atoms with van der Waals surface area (Å²) >= 11 is 0. The van der Waals surface area contributed by atoms with Crippen molar-refractivity contribution >= 4 is 5.91 Å². The summed E-state index contributed by atoms with van der Waals surface area (Å²) in [4.78, 5) is 14.2. The highest BCUT2D eigenvalue weighted by Crippen LogP contribution is 2.21. The highest BCUT2D eigenvalue weighted by Gasteiger charge is 2.29. The van der Waals surface area contributed by atoms with Crippen LogP contribution in [0.4, 0.5) is 0 Å². The predicted molar refractivity (Wildman–Crippen MR) is 67.1 cm³/mol. The zero-order valence-corrected chi connectivity index (χ0v) is 10.4. The smallest absolute Gasteiger partial charge is 0.254 e. The standard InChI is InChI=1S/C14H19NO2/c1-10-5-6-11(2)13(8-10)14(17)15-7-3-4-12(15)9-16/h5-6,8,12,16H,3-4,7,9H2,1-2H3. The van der Waals surface area contributed by atoms with Gasteiger partial charge in [-0.25, -0.2) is 0 Å². The second-order valence-corrected chi connectivity index (χ2v) is 4.80. The van der Waals surface area contributed by atoms with Crippen LogP contribution in [-0.2, 0) is 0 Å². The van der Waals surface area contributed by atoms with E-state index >= 15 is 0 Å². The fourth-order valence-electron chi connectivity index (χ4n) is 2.41. The van der Waals surface area contributed by atoms with Crippen LogP contribution in [0.1, 0.15) is 34.3 Å². The molecule has 1 aromatic rings. The van der Waals surface area contributed by atoms with Crippen molar-refractivity contribution in [1.29, 1.82) is 0 Å². The van der Waals surface area contributed by atoms with Crippen molar-refractivity contribution in [3.8, 4) is 0 Å². The van der Waals surface area contributed by atoms with Crippen LogP contribution in [0.5, 0.6) is 0 Å². The molecular formula is C14H19NO2. The number of aryl methyl sites for hydroxylation is 2. The van der Waals surface area contributed by atoms with Gasteiger partial charge in [0.2, 0.25) is 0 Å². The lowest BCUT2D eigenvalue weighted by Crippen LogP contribution is -2.37. The lowest BCUT2D eigenvalue weighted by molar-refractivity contribution is 0.0677. The van der Waals surface area contributed by atoms with Crippen LogP contribution in [0.15, 0.2) is 18.2 Å². The third-order valence-electron chi connectivity index (χ3n) is 3.47. The van der Waals surface area contributed by atoms with E-state index in [2.05, 4.69) is 0 Å². The number of carbonyl (C=O) groups excluding carboxylic acids is 1. The molecule has 17 heavy (non-hydrogen) atoms. The monoisotopic (exact) mass is 233 g/mol. The summed E-state index contributed by atoms with van der Waals surface area (Å²) in [5.41, 5.74) is 2.87. The van der Waals surface area contributed by atoms with Gasteiger partial charge in [0, 0.05) is 12.1 Å². The molecule has 1 N–H and O–H groups in total. The minimum Gasteiger partial charge on any atom is -0.394 e. The van der Waals surface area contributed by atoms with E-state index in [1.54, 1.807) is 0 Å². The molecule has 0 bridgehead atoms. The van der Waals surface area contributed by atoms with Crippen molar-refractivity contribution in [2.75, 3.05) is 13.2 Å². The van der Waals surface area contributed by atoms with Gasteiger partial charge in [-0.05, 0) is 38.3 Å². The lowest BCUT2D eigenvalue weighted by Gasteiger charge is -2.24. The predicted octanol–water partition coefficient (Wildman–Crippen LogP) is 1.90.